The van der Waals surface area contributed by atoms with Crippen LogP contribution in [0.2, 0.25) is 5.02 Å². The minimum atomic E-state index is -0.244. The van der Waals surface area contributed by atoms with Gasteiger partial charge in [0.1, 0.15) is 17.3 Å². The second-order valence-corrected chi connectivity index (χ2v) is 7.28. The summed E-state index contributed by atoms with van der Waals surface area (Å²) in [5, 5.41) is 3.36. The first kappa shape index (κ1) is 20.4. The molecule has 0 aliphatic carbocycles. The summed E-state index contributed by atoms with van der Waals surface area (Å²) >= 11 is 6.12. The Balaban J connectivity index is 1.66. The Kier molecular flexibility index (Phi) is 6.75. The van der Waals surface area contributed by atoms with Gasteiger partial charge in [-0.2, -0.15) is 0 Å². The standard InChI is InChI=1S/C21H24ClFN2O3/c1-27-19-11-18(20(28-2)10-17(19)22)24-21(26)15-4-3-9-25(13-15)12-14-5-7-16(23)8-6-14/h5-8,10-11,15H,3-4,9,12-13H2,1-2H3,(H,24,26). The molecule has 1 unspecified atom stereocenters. The first-order chi connectivity index (χ1) is 13.5. The lowest BCUT2D eigenvalue weighted by Gasteiger charge is -2.32. The van der Waals surface area contributed by atoms with Gasteiger partial charge in [0.15, 0.2) is 0 Å². The van der Waals surface area contributed by atoms with Crippen molar-refractivity contribution < 1.29 is 18.7 Å². The van der Waals surface area contributed by atoms with E-state index in [0.717, 1.165) is 24.9 Å². The molecule has 28 heavy (non-hydrogen) atoms. The van der Waals surface area contributed by atoms with E-state index in [0.29, 0.717) is 35.3 Å². The first-order valence-electron chi connectivity index (χ1n) is 9.19. The Morgan fingerprint density at radius 2 is 1.93 bits per heavy atom. The third-order valence-corrected chi connectivity index (χ3v) is 5.22. The van der Waals surface area contributed by atoms with Crippen LogP contribution >= 0.6 is 11.6 Å². The predicted molar refractivity (Wildman–Crippen MR) is 108 cm³/mol. The van der Waals surface area contributed by atoms with E-state index in [2.05, 4.69) is 10.2 Å². The van der Waals surface area contributed by atoms with E-state index in [1.165, 1.54) is 26.4 Å². The van der Waals surface area contributed by atoms with Crippen molar-refractivity contribution in [3.05, 3.63) is 52.8 Å². The molecule has 3 rings (SSSR count). The van der Waals surface area contributed by atoms with E-state index in [1.54, 1.807) is 24.3 Å². The molecule has 2 aromatic carbocycles. The van der Waals surface area contributed by atoms with Crippen LogP contribution in [-0.4, -0.2) is 38.1 Å². The maximum atomic E-state index is 13.1. The fraction of sp³-hybridized carbons (Fsp3) is 0.381. The number of benzene rings is 2. The summed E-state index contributed by atoms with van der Waals surface area (Å²) in [7, 11) is 3.05. The summed E-state index contributed by atoms with van der Waals surface area (Å²) in [6.07, 6.45) is 1.75. The number of piperidine rings is 1. The van der Waals surface area contributed by atoms with E-state index in [1.807, 2.05) is 0 Å². The fourth-order valence-electron chi connectivity index (χ4n) is 3.45. The zero-order valence-corrected chi connectivity index (χ0v) is 16.8. The van der Waals surface area contributed by atoms with Crippen molar-refractivity contribution in [1.82, 2.24) is 4.90 Å². The molecule has 1 heterocycles. The number of amides is 1. The SMILES string of the molecule is COc1cc(NC(=O)C2CCCN(Cc3ccc(F)cc3)C2)c(OC)cc1Cl. The van der Waals surface area contributed by atoms with Gasteiger partial charge in [0.05, 0.1) is 30.8 Å². The normalized spacial score (nSPS) is 17.2. The number of rotatable bonds is 6. The third kappa shape index (κ3) is 4.94. The highest BCUT2D eigenvalue weighted by Crippen LogP contribution is 2.36. The Bertz CT molecular complexity index is 829. The molecule has 1 fully saturated rings. The second kappa shape index (κ2) is 9.26. The van der Waals surface area contributed by atoms with Crippen molar-refractivity contribution in [2.24, 2.45) is 5.92 Å². The van der Waals surface area contributed by atoms with E-state index >= 15 is 0 Å². The number of hydrogen-bond donors (Lipinski definition) is 1. The fourth-order valence-corrected chi connectivity index (χ4v) is 3.68. The predicted octanol–water partition coefficient (Wildman–Crippen LogP) is 4.35. The largest absolute Gasteiger partial charge is 0.495 e. The number of anilines is 1. The Morgan fingerprint density at radius 3 is 2.61 bits per heavy atom. The lowest BCUT2D eigenvalue weighted by molar-refractivity contribution is -0.121. The van der Waals surface area contributed by atoms with Crippen LogP contribution in [0, 0.1) is 11.7 Å². The van der Waals surface area contributed by atoms with E-state index in [-0.39, 0.29) is 17.6 Å². The molecular weight excluding hydrogens is 383 g/mol. The molecule has 1 amide bonds. The minimum absolute atomic E-state index is 0.0634. The van der Waals surface area contributed by atoms with Gasteiger partial charge in [-0.15, -0.1) is 0 Å². The Morgan fingerprint density at radius 1 is 1.21 bits per heavy atom. The molecule has 1 aliphatic rings. The van der Waals surface area contributed by atoms with Crippen LogP contribution in [0.1, 0.15) is 18.4 Å². The molecule has 0 aromatic heterocycles. The molecule has 5 nitrogen and oxygen atoms in total. The molecule has 150 valence electrons. The van der Waals surface area contributed by atoms with Crippen LogP contribution in [0.15, 0.2) is 36.4 Å². The monoisotopic (exact) mass is 406 g/mol. The van der Waals surface area contributed by atoms with Crippen molar-refractivity contribution in [3.8, 4) is 11.5 Å². The van der Waals surface area contributed by atoms with Gasteiger partial charge >= 0.3 is 0 Å². The number of ether oxygens (including phenoxy) is 2. The first-order valence-corrected chi connectivity index (χ1v) is 9.57. The van der Waals surface area contributed by atoms with Crippen molar-refractivity contribution in [2.45, 2.75) is 19.4 Å². The number of nitrogens with one attached hydrogen (secondary N) is 1. The zero-order valence-electron chi connectivity index (χ0n) is 16.0. The summed E-state index contributed by atoms with van der Waals surface area (Å²) in [6.45, 7) is 2.26. The summed E-state index contributed by atoms with van der Waals surface area (Å²) in [4.78, 5) is 15.1. The number of nitrogens with zero attached hydrogens (tertiary/aromatic N) is 1. The van der Waals surface area contributed by atoms with Gasteiger partial charge in [-0.25, -0.2) is 4.39 Å². The van der Waals surface area contributed by atoms with Gasteiger partial charge in [0.25, 0.3) is 0 Å². The number of methoxy groups -OCH3 is 2. The van der Waals surface area contributed by atoms with Crippen LogP contribution in [0.4, 0.5) is 10.1 Å². The van der Waals surface area contributed by atoms with E-state index in [4.69, 9.17) is 21.1 Å². The molecule has 2 aromatic rings. The summed E-state index contributed by atoms with van der Waals surface area (Å²) in [5.41, 5.74) is 1.57. The van der Waals surface area contributed by atoms with Gasteiger partial charge < -0.3 is 14.8 Å². The molecule has 0 bridgehead atoms. The number of carbonyl (C=O) groups is 1. The van der Waals surface area contributed by atoms with Gasteiger partial charge in [0.2, 0.25) is 5.91 Å². The topological polar surface area (TPSA) is 50.8 Å². The van der Waals surface area contributed by atoms with Crippen LogP contribution < -0.4 is 14.8 Å². The van der Waals surface area contributed by atoms with Crippen LogP contribution in [0.3, 0.4) is 0 Å². The number of carbonyl (C=O) groups excluding carboxylic acids is 1. The van der Waals surface area contributed by atoms with Crippen molar-refractivity contribution >= 4 is 23.2 Å². The van der Waals surface area contributed by atoms with Crippen molar-refractivity contribution in [3.63, 3.8) is 0 Å². The quantitative estimate of drug-likeness (QED) is 0.775. The minimum Gasteiger partial charge on any atom is -0.495 e. The van der Waals surface area contributed by atoms with Gasteiger partial charge in [-0.05, 0) is 37.1 Å². The van der Waals surface area contributed by atoms with Crippen molar-refractivity contribution in [2.75, 3.05) is 32.6 Å². The van der Waals surface area contributed by atoms with Crippen molar-refractivity contribution in [1.29, 1.82) is 0 Å². The lowest BCUT2D eigenvalue weighted by atomic mass is 9.96. The average molecular weight is 407 g/mol. The van der Waals surface area contributed by atoms with Gasteiger partial charge in [-0.3, -0.25) is 9.69 Å². The third-order valence-electron chi connectivity index (χ3n) is 4.93. The molecular formula is C21H24ClFN2O3. The van der Waals surface area contributed by atoms with E-state index in [9.17, 15) is 9.18 Å². The number of halogens is 2. The molecule has 7 heteroatoms. The molecule has 1 saturated heterocycles. The highest BCUT2D eigenvalue weighted by molar-refractivity contribution is 6.32. The average Bonchev–Trinajstić information content (AvgIpc) is 2.70. The smallest absolute Gasteiger partial charge is 0.228 e. The van der Waals surface area contributed by atoms with E-state index < -0.39 is 0 Å². The Hall–Kier alpha value is -2.31. The molecule has 1 N–H and O–H groups in total. The maximum Gasteiger partial charge on any atom is 0.228 e. The highest BCUT2D eigenvalue weighted by Gasteiger charge is 2.26. The molecule has 1 atom stereocenters. The zero-order chi connectivity index (χ0) is 20.1. The Labute approximate surface area is 169 Å². The van der Waals surface area contributed by atoms with Crippen LogP contribution in [-0.2, 0) is 11.3 Å². The van der Waals surface area contributed by atoms with Crippen LogP contribution in [0.25, 0.3) is 0 Å². The van der Waals surface area contributed by atoms with Crippen LogP contribution in [0.5, 0.6) is 11.5 Å². The summed E-state index contributed by atoms with van der Waals surface area (Å²) in [5.74, 6) is 0.511. The summed E-state index contributed by atoms with van der Waals surface area (Å²) < 4.78 is 23.6. The lowest BCUT2D eigenvalue weighted by Crippen LogP contribution is -2.40. The molecule has 1 aliphatic heterocycles. The van der Waals surface area contributed by atoms with Gasteiger partial charge in [-0.1, -0.05) is 23.7 Å². The number of hydrogen-bond acceptors (Lipinski definition) is 4. The molecule has 0 spiro atoms. The van der Waals surface area contributed by atoms with Gasteiger partial charge in [0, 0.05) is 25.2 Å². The number of likely N-dealkylation sites (tertiary alicyclic amines) is 1. The highest BCUT2D eigenvalue weighted by atomic mass is 35.5. The molecule has 0 saturated carbocycles. The summed E-state index contributed by atoms with van der Waals surface area (Å²) in [6, 6.07) is 9.77. The second-order valence-electron chi connectivity index (χ2n) is 6.88. The molecule has 0 radical (unpaired) electrons. The maximum absolute atomic E-state index is 13.1.